The Kier molecular flexibility index (Phi) is 10.4. The van der Waals surface area contributed by atoms with E-state index in [2.05, 4.69) is 15.6 Å². The quantitative estimate of drug-likeness (QED) is 0.316. The zero-order valence-electron chi connectivity index (χ0n) is 17.0. The number of guanidine groups is 1. The van der Waals surface area contributed by atoms with E-state index in [0.29, 0.717) is 45.1 Å². The summed E-state index contributed by atoms with van der Waals surface area (Å²) in [6, 6.07) is 0. The molecule has 0 saturated carbocycles. The van der Waals surface area contributed by atoms with Gasteiger partial charge in [-0.15, -0.1) is 0 Å². The van der Waals surface area contributed by atoms with Crippen molar-refractivity contribution < 1.29 is 13.2 Å². The second-order valence-electron chi connectivity index (χ2n) is 7.06. The van der Waals surface area contributed by atoms with E-state index in [1.54, 1.807) is 16.1 Å². The summed E-state index contributed by atoms with van der Waals surface area (Å²) < 4.78 is 26.4. The molecular weight excluding hydrogens is 398 g/mol. The zero-order chi connectivity index (χ0) is 20.2. The highest BCUT2D eigenvalue weighted by atomic mass is 32.2. The molecule has 28 heavy (non-hydrogen) atoms. The Morgan fingerprint density at radius 2 is 1.93 bits per heavy atom. The lowest BCUT2D eigenvalue weighted by molar-refractivity contribution is -0.130. The average Bonchev–Trinajstić information content (AvgIpc) is 2.90. The summed E-state index contributed by atoms with van der Waals surface area (Å²) in [6.45, 7) is 6.45. The first-order valence-corrected chi connectivity index (χ1v) is 13.1. The highest BCUT2D eigenvalue weighted by Crippen LogP contribution is 2.13. The largest absolute Gasteiger partial charge is 0.357 e. The number of likely N-dealkylation sites (tertiary alicyclic amines) is 1. The Bertz CT molecular complexity index is 606. The lowest BCUT2D eigenvalue weighted by Gasteiger charge is -2.25. The average molecular weight is 434 g/mol. The van der Waals surface area contributed by atoms with E-state index in [9.17, 15) is 13.2 Å². The van der Waals surface area contributed by atoms with Crippen molar-refractivity contribution >= 4 is 33.7 Å². The van der Waals surface area contributed by atoms with Crippen molar-refractivity contribution in [3.05, 3.63) is 0 Å². The summed E-state index contributed by atoms with van der Waals surface area (Å²) in [5.41, 5.74) is 0. The van der Waals surface area contributed by atoms with Gasteiger partial charge in [0.1, 0.15) is 0 Å². The van der Waals surface area contributed by atoms with Crippen molar-refractivity contribution in [1.82, 2.24) is 19.8 Å². The Labute approximate surface area is 173 Å². The normalized spacial score (nSPS) is 20.1. The summed E-state index contributed by atoms with van der Waals surface area (Å²) >= 11 is 1.80. The number of thioether (sulfide) groups is 1. The molecule has 8 nitrogen and oxygen atoms in total. The molecule has 0 radical (unpaired) electrons. The van der Waals surface area contributed by atoms with Crippen LogP contribution in [0.15, 0.2) is 4.99 Å². The number of sulfonamides is 1. The number of carbonyl (C=O) groups is 1. The summed E-state index contributed by atoms with van der Waals surface area (Å²) in [4.78, 5) is 18.5. The maximum absolute atomic E-state index is 12.4. The van der Waals surface area contributed by atoms with Gasteiger partial charge in [-0.1, -0.05) is 6.42 Å². The van der Waals surface area contributed by atoms with E-state index in [1.165, 1.54) is 0 Å². The Morgan fingerprint density at radius 1 is 1.14 bits per heavy atom. The topological polar surface area (TPSA) is 94.1 Å². The Morgan fingerprint density at radius 3 is 2.68 bits per heavy atom. The first-order valence-electron chi connectivity index (χ1n) is 10.4. The second-order valence-corrected chi connectivity index (χ2v) is 10.4. The molecule has 2 saturated heterocycles. The second kappa shape index (κ2) is 12.5. The Balaban J connectivity index is 1.72. The van der Waals surface area contributed by atoms with Crippen LogP contribution in [0, 0.1) is 0 Å². The van der Waals surface area contributed by atoms with Crippen molar-refractivity contribution in [3.63, 3.8) is 0 Å². The number of nitrogens with zero attached hydrogens (tertiary/aromatic N) is 3. The number of rotatable bonds is 9. The van der Waals surface area contributed by atoms with Crippen molar-refractivity contribution in [2.24, 2.45) is 4.99 Å². The molecule has 162 valence electrons. The van der Waals surface area contributed by atoms with Crippen molar-refractivity contribution in [1.29, 1.82) is 0 Å². The molecule has 0 atom stereocenters. The molecule has 0 spiro atoms. The zero-order valence-corrected chi connectivity index (χ0v) is 18.6. The van der Waals surface area contributed by atoms with Crippen molar-refractivity contribution in [2.75, 3.05) is 63.1 Å². The van der Waals surface area contributed by atoms with Gasteiger partial charge in [0.15, 0.2) is 5.96 Å². The molecule has 10 heteroatoms. The third-order valence-electron chi connectivity index (χ3n) is 4.89. The standard InChI is InChI=1S/C18H35N5O3S2/c1-2-19-18(20-8-6-11-22-10-5-3-4-7-17(22)24)21-9-16-28(25,26)23-12-14-27-15-13-23/h2-16H2,1H3,(H2,19,20,21). The summed E-state index contributed by atoms with van der Waals surface area (Å²) in [6.07, 6.45) is 4.70. The maximum atomic E-state index is 12.4. The van der Waals surface area contributed by atoms with Crippen LogP contribution in [-0.2, 0) is 14.8 Å². The molecule has 2 fully saturated rings. The first kappa shape index (κ1) is 23.3. The van der Waals surface area contributed by atoms with Crippen LogP contribution in [0.25, 0.3) is 0 Å². The van der Waals surface area contributed by atoms with Gasteiger partial charge in [-0.25, -0.2) is 12.7 Å². The summed E-state index contributed by atoms with van der Waals surface area (Å²) in [5, 5.41) is 6.27. The van der Waals surface area contributed by atoms with Crippen LogP contribution in [-0.4, -0.2) is 92.6 Å². The van der Waals surface area contributed by atoms with E-state index in [-0.39, 0.29) is 11.7 Å². The third kappa shape index (κ3) is 8.16. The van der Waals surface area contributed by atoms with Gasteiger partial charge in [0.25, 0.3) is 0 Å². The van der Waals surface area contributed by atoms with Crippen LogP contribution in [0.1, 0.15) is 39.0 Å². The summed E-state index contributed by atoms with van der Waals surface area (Å²) in [7, 11) is -3.21. The fourth-order valence-corrected chi connectivity index (χ4v) is 5.81. The SMILES string of the molecule is CCNC(=NCCCN1CCCCCC1=O)NCCS(=O)(=O)N1CCSCC1. The van der Waals surface area contributed by atoms with Crippen molar-refractivity contribution in [3.8, 4) is 0 Å². The van der Waals surface area contributed by atoms with Gasteiger partial charge in [0.05, 0.1) is 5.75 Å². The lowest BCUT2D eigenvalue weighted by atomic mass is 10.2. The molecule has 1 amide bonds. The van der Waals surface area contributed by atoms with Crippen LogP contribution < -0.4 is 10.6 Å². The molecule has 2 heterocycles. The predicted octanol–water partition coefficient (Wildman–Crippen LogP) is 0.713. The monoisotopic (exact) mass is 433 g/mol. The minimum atomic E-state index is -3.21. The van der Waals surface area contributed by atoms with Gasteiger partial charge < -0.3 is 15.5 Å². The minimum Gasteiger partial charge on any atom is -0.357 e. The molecule has 2 rings (SSSR count). The van der Waals surface area contributed by atoms with Crippen LogP contribution >= 0.6 is 11.8 Å². The van der Waals surface area contributed by atoms with Gasteiger partial charge in [0.2, 0.25) is 15.9 Å². The fraction of sp³-hybridized carbons (Fsp3) is 0.889. The van der Waals surface area contributed by atoms with Gasteiger partial charge in [0, 0.05) is 63.7 Å². The molecule has 2 aliphatic heterocycles. The van der Waals surface area contributed by atoms with E-state index in [1.807, 2.05) is 11.8 Å². The van der Waals surface area contributed by atoms with Crippen LogP contribution in [0.4, 0.5) is 0 Å². The fourth-order valence-electron chi connectivity index (χ4n) is 3.32. The van der Waals surface area contributed by atoms with Gasteiger partial charge >= 0.3 is 0 Å². The number of hydrogen-bond acceptors (Lipinski definition) is 5. The van der Waals surface area contributed by atoms with Crippen LogP contribution in [0.2, 0.25) is 0 Å². The van der Waals surface area contributed by atoms with Crippen LogP contribution in [0.3, 0.4) is 0 Å². The van der Waals surface area contributed by atoms with Crippen molar-refractivity contribution in [2.45, 2.75) is 39.0 Å². The smallest absolute Gasteiger partial charge is 0.222 e. The third-order valence-corrected chi connectivity index (χ3v) is 7.70. The van der Waals surface area contributed by atoms with Gasteiger partial charge in [-0.3, -0.25) is 9.79 Å². The van der Waals surface area contributed by atoms with E-state index in [4.69, 9.17) is 0 Å². The minimum absolute atomic E-state index is 0.0738. The van der Waals surface area contributed by atoms with Gasteiger partial charge in [-0.05, 0) is 26.2 Å². The number of carbonyl (C=O) groups excluding carboxylic acids is 1. The lowest BCUT2D eigenvalue weighted by Crippen LogP contribution is -2.44. The first-order chi connectivity index (χ1) is 13.5. The van der Waals surface area contributed by atoms with E-state index in [0.717, 1.165) is 50.3 Å². The molecule has 0 aromatic rings. The molecule has 0 aliphatic carbocycles. The molecule has 0 aromatic heterocycles. The Hall–Kier alpha value is -1.00. The van der Waals surface area contributed by atoms with E-state index < -0.39 is 10.0 Å². The molecule has 0 bridgehead atoms. The number of aliphatic imine (C=N–C) groups is 1. The van der Waals surface area contributed by atoms with Gasteiger partial charge in [-0.2, -0.15) is 11.8 Å². The van der Waals surface area contributed by atoms with E-state index >= 15 is 0 Å². The maximum Gasteiger partial charge on any atom is 0.222 e. The van der Waals surface area contributed by atoms with Crippen LogP contribution in [0.5, 0.6) is 0 Å². The highest BCUT2D eigenvalue weighted by Gasteiger charge is 2.23. The molecular formula is C18H35N5O3S2. The molecule has 0 aromatic carbocycles. The summed E-state index contributed by atoms with van der Waals surface area (Å²) in [5.74, 6) is 2.71. The number of nitrogens with one attached hydrogen (secondary N) is 2. The predicted molar refractivity (Wildman–Crippen MR) is 116 cm³/mol. The molecule has 0 unspecified atom stereocenters. The number of hydrogen-bond donors (Lipinski definition) is 2. The molecule has 2 aliphatic rings. The number of amides is 1. The highest BCUT2D eigenvalue weighted by molar-refractivity contribution is 7.99. The molecule has 2 N–H and O–H groups in total.